The van der Waals surface area contributed by atoms with Gasteiger partial charge in [-0.3, -0.25) is 9.69 Å². The molecule has 2 aliphatic rings. The normalized spacial score (nSPS) is 16.8. The van der Waals surface area contributed by atoms with Gasteiger partial charge in [0, 0.05) is 24.2 Å². The van der Waals surface area contributed by atoms with Gasteiger partial charge in [-0.1, -0.05) is 12.1 Å². The van der Waals surface area contributed by atoms with E-state index in [0.717, 1.165) is 24.1 Å². The third-order valence-electron chi connectivity index (χ3n) is 5.89. The first-order valence-corrected chi connectivity index (χ1v) is 10.6. The lowest BCUT2D eigenvalue weighted by Gasteiger charge is -2.34. The number of aromatic nitrogens is 4. The molecular formula is C23H24N6O4. The fraction of sp³-hybridized carbons (Fsp3) is 0.304. The van der Waals surface area contributed by atoms with E-state index in [-0.39, 0.29) is 18.7 Å². The summed E-state index contributed by atoms with van der Waals surface area (Å²) in [6.07, 6.45) is 2.46. The molecule has 170 valence electrons. The number of tetrazole rings is 1. The lowest BCUT2D eigenvalue weighted by Crippen LogP contribution is -2.35. The van der Waals surface area contributed by atoms with Crippen molar-refractivity contribution in [2.45, 2.75) is 12.5 Å². The lowest BCUT2D eigenvalue weighted by atomic mass is 9.90. The first kappa shape index (κ1) is 21.0. The van der Waals surface area contributed by atoms with Gasteiger partial charge in [0.05, 0.1) is 12.8 Å². The molecule has 1 N–H and O–H groups in total. The summed E-state index contributed by atoms with van der Waals surface area (Å²) in [5.74, 6) is 2.33. The Kier molecular flexibility index (Phi) is 5.43. The second-order valence-electron chi connectivity index (χ2n) is 7.85. The van der Waals surface area contributed by atoms with Crippen LogP contribution in [0.1, 0.15) is 33.4 Å². The Hall–Kier alpha value is -3.92. The number of likely N-dealkylation sites (N-methyl/N-ethyl adjacent to an activating group) is 1. The molecule has 2 aromatic carbocycles. The number of carbonyl (C=O) groups is 1. The second kappa shape index (κ2) is 8.55. The van der Waals surface area contributed by atoms with E-state index in [0.29, 0.717) is 40.9 Å². The molecule has 0 saturated carbocycles. The number of benzene rings is 2. The largest absolute Gasteiger partial charge is 0.492 e. The summed E-state index contributed by atoms with van der Waals surface area (Å²) in [4.78, 5) is 14.6. The van der Waals surface area contributed by atoms with Crippen molar-refractivity contribution in [2.24, 2.45) is 0 Å². The lowest BCUT2D eigenvalue weighted by molar-refractivity contribution is 0.0958. The molecule has 0 saturated heterocycles. The van der Waals surface area contributed by atoms with Gasteiger partial charge in [-0.05, 0) is 53.7 Å². The van der Waals surface area contributed by atoms with Gasteiger partial charge in [0.2, 0.25) is 12.5 Å². The summed E-state index contributed by atoms with van der Waals surface area (Å²) in [5.41, 5.74) is 3.24. The quantitative estimate of drug-likeness (QED) is 0.571. The predicted molar refractivity (Wildman–Crippen MR) is 119 cm³/mol. The Morgan fingerprint density at radius 1 is 1.36 bits per heavy atom. The summed E-state index contributed by atoms with van der Waals surface area (Å²) >= 11 is 0. The predicted octanol–water partition coefficient (Wildman–Crippen LogP) is 1.89. The summed E-state index contributed by atoms with van der Waals surface area (Å²) in [6, 6.07) is 8.91. The van der Waals surface area contributed by atoms with Crippen molar-refractivity contribution in [3.63, 3.8) is 0 Å². The SMILES string of the molecule is C=CCNC(=O)c1cccc(-n2nnnc2C2c3c(cc4c(c3OC)OCO4)CCN2C)c1. The number of nitrogens with one attached hydrogen (secondary N) is 1. The molecule has 1 atom stereocenters. The van der Waals surface area contributed by atoms with E-state index in [1.54, 1.807) is 36.1 Å². The van der Waals surface area contributed by atoms with Gasteiger partial charge in [0.1, 0.15) is 6.04 Å². The fourth-order valence-corrected chi connectivity index (χ4v) is 4.35. The van der Waals surface area contributed by atoms with Crippen LogP contribution in [0.25, 0.3) is 5.69 Å². The van der Waals surface area contributed by atoms with Gasteiger partial charge in [0.25, 0.3) is 5.91 Å². The zero-order valence-electron chi connectivity index (χ0n) is 18.4. The van der Waals surface area contributed by atoms with Crippen LogP contribution in [0, 0.1) is 0 Å². The maximum Gasteiger partial charge on any atom is 0.251 e. The minimum absolute atomic E-state index is 0.160. The van der Waals surface area contributed by atoms with Gasteiger partial charge in [-0.25, -0.2) is 0 Å². The van der Waals surface area contributed by atoms with Crippen LogP contribution in [0.4, 0.5) is 0 Å². The van der Waals surface area contributed by atoms with Gasteiger partial charge < -0.3 is 19.5 Å². The van der Waals surface area contributed by atoms with Crippen LogP contribution in [0.5, 0.6) is 17.2 Å². The molecule has 1 unspecified atom stereocenters. The highest BCUT2D eigenvalue weighted by molar-refractivity contribution is 5.94. The molecule has 1 amide bonds. The monoisotopic (exact) mass is 448 g/mol. The smallest absolute Gasteiger partial charge is 0.251 e. The Balaban J connectivity index is 1.60. The highest BCUT2D eigenvalue weighted by Gasteiger charge is 2.37. The van der Waals surface area contributed by atoms with Crippen LogP contribution in [-0.4, -0.2) is 65.1 Å². The van der Waals surface area contributed by atoms with Gasteiger partial charge in [-0.2, -0.15) is 4.68 Å². The number of hydrogen-bond acceptors (Lipinski definition) is 8. The Bertz CT molecular complexity index is 1220. The number of hydrogen-bond donors (Lipinski definition) is 1. The zero-order chi connectivity index (χ0) is 22.9. The van der Waals surface area contributed by atoms with Crippen molar-refractivity contribution in [3.8, 4) is 22.9 Å². The molecule has 10 nitrogen and oxygen atoms in total. The minimum Gasteiger partial charge on any atom is -0.492 e. The number of amides is 1. The van der Waals surface area contributed by atoms with Crippen LogP contribution >= 0.6 is 0 Å². The van der Waals surface area contributed by atoms with Crippen molar-refractivity contribution in [1.29, 1.82) is 0 Å². The molecule has 5 rings (SSSR count). The molecule has 0 spiro atoms. The first-order chi connectivity index (χ1) is 16.1. The van der Waals surface area contributed by atoms with Crippen molar-refractivity contribution in [1.82, 2.24) is 30.4 Å². The molecule has 10 heteroatoms. The van der Waals surface area contributed by atoms with E-state index in [9.17, 15) is 4.79 Å². The van der Waals surface area contributed by atoms with Crippen LogP contribution in [-0.2, 0) is 6.42 Å². The summed E-state index contributed by atoms with van der Waals surface area (Å²) < 4.78 is 18.8. The molecule has 0 bridgehead atoms. The van der Waals surface area contributed by atoms with Gasteiger partial charge in [0.15, 0.2) is 17.3 Å². The third kappa shape index (κ3) is 3.58. The van der Waals surface area contributed by atoms with E-state index >= 15 is 0 Å². The number of methoxy groups -OCH3 is 1. The number of ether oxygens (including phenoxy) is 3. The molecule has 3 aromatic rings. The average Bonchev–Trinajstić information content (AvgIpc) is 3.51. The number of nitrogens with zero attached hydrogens (tertiary/aromatic N) is 5. The summed E-state index contributed by atoms with van der Waals surface area (Å²) in [7, 11) is 3.65. The van der Waals surface area contributed by atoms with Crippen LogP contribution in [0.3, 0.4) is 0 Å². The molecular weight excluding hydrogens is 424 g/mol. The molecule has 33 heavy (non-hydrogen) atoms. The fourth-order valence-electron chi connectivity index (χ4n) is 4.35. The Labute approximate surface area is 190 Å². The third-order valence-corrected chi connectivity index (χ3v) is 5.89. The number of fused-ring (bicyclic) bond motifs is 2. The maximum atomic E-state index is 12.4. The van der Waals surface area contributed by atoms with E-state index < -0.39 is 0 Å². The molecule has 3 heterocycles. The van der Waals surface area contributed by atoms with E-state index in [4.69, 9.17) is 14.2 Å². The number of rotatable bonds is 6. The standard InChI is InChI=1S/C23H24N6O4/c1-4-9-24-23(30)15-6-5-7-16(11-15)29-22(25-26-27-29)19-18-14(8-10-28(19)2)12-17-20(21(18)31-3)33-13-32-17/h4-7,11-12,19H,1,8-10,13H2,2-3H3,(H,24,30). The summed E-state index contributed by atoms with van der Waals surface area (Å²) in [5, 5.41) is 15.4. The maximum absolute atomic E-state index is 12.4. The van der Waals surface area contributed by atoms with Gasteiger partial charge >= 0.3 is 0 Å². The van der Waals surface area contributed by atoms with E-state index in [1.165, 1.54) is 0 Å². The van der Waals surface area contributed by atoms with Crippen LogP contribution < -0.4 is 19.5 Å². The zero-order valence-corrected chi connectivity index (χ0v) is 18.4. The minimum atomic E-state index is -0.286. The first-order valence-electron chi connectivity index (χ1n) is 10.6. The second-order valence-corrected chi connectivity index (χ2v) is 7.85. The van der Waals surface area contributed by atoms with E-state index in [2.05, 4.69) is 32.3 Å². The average molecular weight is 448 g/mol. The topological polar surface area (TPSA) is 104 Å². The van der Waals surface area contributed by atoms with Gasteiger partial charge in [-0.15, -0.1) is 11.7 Å². The summed E-state index contributed by atoms with van der Waals surface area (Å²) in [6.45, 7) is 4.98. The van der Waals surface area contributed by atoms with Crippen molar-refractivity contribution in [2.75, 3.05) is 34.0 Å². The van der Waals surface area contributed by atoms with Crippen molar-refractivity contribution < 1.29 is 19.0 Å². The highest BCUT2D eigenvalue weighted by Crippen LogP contribution is 2.50. The Morgan fingerprint density at radius 2 is 2.24 bits per heavy atom. The number of carbonyl (C=O) groups excluding carboxylic acids is 1. The van der Waals surface area contributed by atoms with Crippen molar-refractivity contribution >= 4 is 5.91 Å². The van der Waals surface area contributed by atoms with Crippen LogP contribution in [0.2, 0.25) is 0 Å². The highest BCUT2D eigenvalue weighted by atomic mass is 16.7. The molecule has 1 aromatic heterocycles. The Morgan fingerprint density at radius 3 is 3.06 bits per heavy atom. The van der Waals surface area contributed by atoms with Crippen LogP contribution in [0.15, 0.2) is 43.0 Å². The van der Waals surface area contributed by atoms with E-state index in [1.807, 2.05) is 19.2 Å². The molecule has 0 fully saturated rings. The molecule has 0 radical (unpaired) electrons. The molecule has 2 aliphatic heterocycles. The molecule has 0 aliphatic carbocycles. The van der Waals surface area contributed by atoms with Crippen molar-refractivity contribution in [3.05, 3.63) is 65.5 Å².